The lowest BCUT2D eigenvalue weighted by Crippen LogP contribution is -2.47. The highest BCUT2D eigenvalue weighted by molar-refractivity contribution is 14.0. The van der Waals surface area contributed by atoms with Crippen LogP contribution in [0.5, 0.6) is 5.75 Å². The first-order chi connectivity index (χ1) is 13.2. The lowest BCUT2D eigenvalue weighted by atomic mass is 10.1. The van der Waals surface area contributed by atoms with Crippen molar-refractivity contribution in [3.05, 3.63) is 51.7 Å². The fourth-order valence-corrected chi connectivity index (χ4v) is 4.19. The van der Waals surface area contributed by atoms with Gasteiger partial charge in [-0.05, 0) is 55.0 Å². The average molecular weight is 514 g/mol. The fourth-order valence-electron chi connectivity index (χ4n) is 3.30. The van der Waals surface area contributed by atoms with Crippen LogP contribution in [0, 0.1) is 0 Å². The van der Waals surface area contributed by atoms with E-state index in [-0.39, 0.29) is 24.0 Å². The molecule has 0 saturated carbocycles. The Morgan fingerprint density at radius 3 is 2.96 bits per heavy atom. The second-order valence-electron chi connectivity index (χ2n) is 6.87. The Labute approximate surface area is 189 Å². The van der Waals surface area contributed by atoms with Crippen LogP contribution >= 0.6 is 35.3 Å². The number of nitrogens with zero attached hydrogens (tertiary/aromatic N) is 2. The van der Waals surface area contributed by atoms with Gasteiger partial charge in [0.05, 0.1) is 13.7 Å². The fraction of sp³-hybridized carbons (Fsp3) is 0.476. The summed E-state index contributed by atoms with van der Waals surface area (Å²) in [6, 6.07) is 10.8. The van der Waals surface area contributed by atoms with Gasteiger partial charge in [-0.2, -0.15) is 0 Å². The van der Waals surface area contributed by atoms with Gasteiger partial charge in [0.25, 0.3) is 0 Å². The van der Waals surface area contributed by atoms with Crippen LogP contribution in [0.1, 0.15) is 29.9 Å². The molecule has 3 rings (SSSR count). The summed E-state index contributed by atoms with van der Waals surface area (Å²) in [5, 5.41) is 9.06. The Hall–Kier alpha value is -1.32. The van der Waals surface area contributed by atoms with Crippen molar-refractivity contribution in [2.75, 3.05) is 26.7 Å². The predicted octanol–water partition coefficient (Wildman–Crippen LogP) is 3.88. The molecule has 28 heavy (non-hydrogen) atoms. The minimum Gasteiger partial charge on any atom is -0.497 e. The van der Waals surface area contributed by atoms with Crippen LogP contribution in [0.2, 0.25) is 0 Å². The molecule has 0 saturated heterocycles. The van der Waals surface area contributed by atoms with Crippen LogP contribution in [0.3, 0.4) is 0 Å². The highest BCUT2D eigenvalue weighted by atomic mass is 127. The van der Waals surface area contributed by atoms with Crippen molar-refractivity contribution in [1.29, 1.82) is 0 Å². The second kappa shape index (κ2) is 11.6. The van der Waals surface area contributed by atoms with E-state index >= 15 is 0 Å². The number of hydrogen-bond donors (Lipinski definition) is 2. The number of nitrogens with one attached hydrogen (secondary N) is 2. The lowest BCUT2D eigenvalue weighted by molar-refractivity contribution is 0.192. The molecule has 1 aromatic carbocycles. The van der Waals surface area contributed by atoms with E-state index in [4.69, 9.17) is 9.73 Å². The normalized spacial score (nSPS) is 15.3. The van der Waals surface area contributed by atoms with Gasteiger partial charge in [-0.3, -0.25) is 4.90 Å². The van der Waals surface area contributed by atoms with Crippen LogP contribution in [0.15, 0.2) is 40.7 Å². The molecule has 0 amide bonds. The molecule has 2 heterocycles. The third kappa shape index (κ3) is 6.35. The van der Waals surface area contributed by atoms with Crippen molar-refractivity contribution in [2.45, 2.75) is 39.4 Å². The first kappa shape index (κ1) is 23.0. The SMILES string of the molecule is CCNC(=NCc1cccc(OC)c1)NCC(C)N1CCc2sccc2C1.I. The highest BCUT2D eigenvalue weighted by Crippen LogP contribution is 2.24. The third-order valence-electron chi connectivity index (χ3n) is 4.92. The van der Waals surface area contributed by atoms with Gasteiger partial charge in [0.15, 0.2) is 5.96 Å². The maximum absolute atomic E-state index is 5.29. The minimum absolute atomic E-state index is 0. The molecule has 2 aromatic rings. The number of hydrogen-bond acceptors (Lipinski definition) is 4. The Bertz CT molecular complexity index is 764. The van der Waals surface area contributed by atoms with Crippen molar-refractivity contribution < 1.29 is 4.74 Å². The predicted molar refractivity (Wildman–Crippen MR) is 129 cm³/mol. The summed E-state index contributed by atoms with van der Waals surface area (Å²) in [4.78, 5) is 8.83. The van der Waals surface area contributed by atoms with Gasteiger partial charge in [0, 0.05) is 37.1 Å². The molecule has 1 atom stereocenters. The summed E-state index contributed by atoms with van der Waals surface area (Å²) in [5.41, 5.74) is 2.64. The first-order valence-corrected chi connectivity index (χ1v) is 10.5. The Morgan fingerprint density at radius 2 is 2.18 bits per heavy atom. The van der Waals surface area contributed by atoms with Crippen LogP contribution in [-0.4, -0.2) is 43.6 Å². The molecule has 1 aliphatic heterocycles. The highest BCUT2D eigenvalue weighted by Gasteiger charge is 2.21. The lowest BCUT2D eigenvalue weighted by Gasteiger charge is -2.32. The van der Waals surface area contributed by atoms with Gasteiger partial charge in [-0.25, -0.2) is 4.99 Å². The van der Waals surface area contributed by atoms with Crippen molar-refractivity contribution in [3.8, 4) is 5.75 Å². The van der Waals surface area contributed by atoms with Crippen LogP contribution in [0.4, 0.5) is 0 Å². The number of rotatable bonds is 7. The van der Waals surface area contributed by atoms with E-state index in [1.54, 1.807) is 12.0 Å². The number of halogens is 1. The number of guanidine groups is 1. The minimum atomic E-state index is 0. The standard InChI is InChI=1S/C21H30N4OS.HI/c1-4-22-21(24-14-17-6-5-7-19(12-17)26-3)23-13-16(2)25-10-8-20-18(15-25)9-11-27-20;/h5-7,9,11-12,16H,4,8,10,13-15H2,1-3H3,(H2,22,23,24);1H. The molecule has 154 valence electrons. The van der Waals surface area contributed by atoms with Gasteiger partial charge in [-0.1, -0.05) is 12.1 Å². The summed E-state index contributed by atoms with van der Waals surface area (Å²) in [7, 11) is 1.69. The number of fused-ring (bicyclic) bond motifs is 1. The van der Waals surface area contributed by atoms with Crippen molar-refractivity contribution >= 4 is 41.3 Å². The van der Waals surface area contributed by atoms with Gasteiger partial charge in [-0.15, -0.1) is 35.3 Å². The van der Waals surface area contributed by atoms with E-state index < -0.39 is 0 Å². The van der Waals surface area contributed by atoms with Crippen molar-refractivity contribution in [1.82, 2.24) is 15.5 Å². The summed E-state index contributed by atoms with van der Waals surface area (Å²) in [5.74, 6) is 1.73. The van der Waals surface area contributed by atoms with Crippen molar-refractivity contribution in [3.63, 3.8) is 0 Å². The van der Waals surface area contributed by atoms with Crippen LogP contribution < -0.4 is 15.4 Å². The second-order valence-corrected chi connectivity index (χ2v) is 7.87. The maximum atomic E-state index is 5.29. The summed E-state index contributed by atoms with van der Waals surface area (Å²) < 4.78 is 5.29. The average Bonchev–Trinajstić information content (AvgIpc) is 3.17. The quantitative estimate of drug-likeness (QED) is 0.335. The number of aliphatic imine (C=N–C) groups is 1. The Morgan fingerprint density at radius 1 is 1.32 bits per heavy atom. The van der Waals surface area contributed by atoms with E-state index in [0.29, 0.717) is 12.6 Å². The summed E-state index contributed by atoms with van der Waals surface area (Å²) >= 11 is 1.89. The van der Waals surface area contributed by atoms with Gasteiger partial charge in [0.2, 0.25) is 0 Å². The molecule has 0 aliphatic carbocycles. The molecule has 1 aliphatic rings. The first-order valence-electron chi connectivity index (χ1n) is 9.64. The largest absolute Gasteiger partial charge is 0.497 e. The Kier molecular flexibility index (Phi) is 9.53. The monoisotopic (exact) mass is 514 g/mol. The molecule has 2 N–H and O–H groups in total. The summed E-state index contributed by atoms with van der Waals surface area (Å²) in [6.07, 6.45) is 1.17. The van der Waals surface area contributed by atoms with E-state index in [9.17, 15) is 0 Å². The number of ether oxygens (including phenoxy) is 1. The molecule has 7 heteroatoms. The smallest absolute Gasteiger partial charge is 0.191 e. The topological polar surface area (TPSA) is 48.9 Å². The van der Waals surface area contributed by atoms with Crippen LogP contribution in [0.25, 0.3) is 0 Å². The zero-order chi connectivity index (χ0) is 19.1. The molecule has 0 fully saturated rings. The molecule has 0 bridgehead atoms. The molecular formula is C21H31IN4OS. The summed E-state index contributed by atoms with van der Waals surface area (Å²) in [6.45, 7) is 8.92. The molecule has 0 radical (unpaired) electrons. The zero-order valence-corrected chi connectivity index (χ0v) is 20.1. The number of benzene rings is 1. The van der Waals surface area contributed by atoms with E-state index in [1.165, 1.54) is 12.0 Å². The van der Waals surface area contributed by atoms with E-state index in [2.05, 4.69) is 46.9 Å². The Balaban J connectivity index is 0.00000280. The maximum Gasteiger partial charge on any atom is 0.191 e. The van der Waals surface area contributed by atoms with Crippen molar-refractivity contribution in [2.24, 2.45) is 4.99 Å². The molecular weight excluding hydrogens is 483 g/mol. The molecule has 1 aromatic heterocycles. The third-order valence-corrected chi connectivity index (χ3v) is 5.95. The molecule has 5 nitrogen and oxygen atoms in total. The molecule has 1 unspecified atom stereocenters. The zero-order valence-electron chi connectivity index (χ0n) is 16.9. The van der Waals surface area contributed by atoms with E-state index in [1.807, 2.05) is 29.5 Å². The van der Waals surface area contributed by atoms with Crippen LogP contribution in [-0.2, 0) is 19.5 Å². The van der Waals surface area contributed by atoms with Gasteiger partial charge >= 0.3 is 0 Å². The molecule has 0 spiro atoms. The van der Waals surface area contributed by atoms with Gasteiger partial charge < -0.3 is 15.4 Å². The number of thiophene rings is 1. The van der Waals surface area contributed by atoms with E-state index in [0.717, 1.165) is 43.5 Å². The number of methoxy groups -OCH3 is 1. The van der Waals surface area contributed by atoms with Gasteiger partial charge in [0.1, 0.15) is 5.75 Å².